The van der Waals surface area contributed by atoms with E-state index in [4.69, 9.17) is 10.2 Å². The lowest BCUT2D eigenvalue weighted by atomic mass is 9.84. The van der Waals surface area contributed by atoms with Crippen molar-refractivity contribution in [2.45, 2.75) is 43.0 Å². The van der Waals surface area contributed by atoms with E-state index in [0.29, 0.717) is 40.4 Å². The van der Waals surface area contributed by atoms with Crippen LogP contribution in [0.25, 0.3) is 33.5 Å². The molecule has 0 radical (unpaired) electrons. The smallest absolute Gasteiger partial charge is 0.269 e. The maximum Gasteiger partial charge on any atom is 0.269 e. The lowest BCUT2D eigenvalue weighted by Crippen LogP contribution is -2.19. The van der Waals surface area contributed by atoms with Crippen LogP contribution in [-0.2, 0) is 10.0 Å². The standard InChI is InChI=1S/C28H23N7O2S/c29-14-12-19-6-10-22(11-7-19)35-26-24-13-15-34(38(36,37)23-4-2-1-3-5-23)28(24)32-18-25(26)33-27(35)20-8-9-21(16-30)31-17-20/h1-5,8-9,13,15,17-19,22H,6-7,10-12H2. The van der Waals surface area contributed by atoms with Crippen LogP contribution in [0.1, 0.15) is 43.8 Å². The van der Waals surface area contributed by atoms with E-state index in [1.54, 1.807) is 61.1 Å². The summed E-state index contributed by atoms with van der Waals surface area (Å²) in [6.07, 6.45) is 8.98. The Morgan fingerprint density at radius 3 is 2.42 bits per heavy atom. The number of imidazole rings is 1. The van der Waals surface area contributed by atoms with Gasteiger partial charge in [0.2, 0.25) is 0 Å². The molecule has 0 amide bonds. The van der Waals surface area contributed by atoms with E-state index in [1.165, 1.54) is 3.97 Å². The van der Waals surface area contributed by atoms with Gasteiger partial charge in [0.15, 0.2) is 5.65 Å². The van der Waals surface area contributed by atoms with Gasteiger partial charge in [0.05, 0.1) is 22.7 Å². The second-order valence-electron chi connectivity index (χ2n) is 9.55. The van der Waals surface area contributed by atoms with Crippen molar-refractivity contribution in [1.29, 1.82) is 10.5 Å². The molecule has 1 saturated carbocycles. The molecule has 1 aromatic carbocycles. The van der Waals surface area contributed by atoms with Gasteiger partial charge >= 0.3 is 0 Å². The summed E-state index contributed by atoms with van der Waals surface area (Å²) in [7, 11) is -3.84. The van der Waals surface area contributed by atoms with Gasteiger partial charge in [0.25, 0.3) is 10.0 Å². The molecule has 0 spiro atoms. The molecule has 1 fully saturated rings. The second kappa shape index (κ2) is 9.40. The maximum absolute atomic E-state index is 13.5. The summed E-state index contributed by atoms with van der Waals surface area (Å²) >= 11 is 0. The van der Waals surface area contributed by atoms with Crippen LogP contribution in [-0.4, -0.2) is 31.9 Å². The third-order valence-electron chi connectivity index (χ3n) is 7.33. The molecule has 188 valence electrons. The van der Waals surface area contributed by atoms with Gasteiger partial charge in [-0.25, -0.2) is 27.3 Å². The van der Waals surface area contributed by atoms with Crippen LogP contribution < -0.4 is 0 Å². The number of aromatic nitrogens is 5. The predicted molar refractivity (Wildman–Crippen MR) is 141 cm³/mol. The Bertz CT molecular complexity index is 1840. The zero-order valence-corrected chi connectivity index (χ0v) is 21.2. The fourth-order valence-corrected chi connectivity index (χ4v) is 6.76. The molecule has 0 unspecified atom stereocenters. The minimum Gasteiger partial charge on any atom is -0.320 e. The van der Waals surface area contributed by atoms with E-state index in [9.17, 15) is 13.7 Å². The topological polar surface area (TPSA) is 130 Å². The summed E-state index contributed by atoms with van der Waals surface area (Å²) in [5, 5.41) is 19.0. The molecule has 0 atom stereocenters. The van der Waals surface area contributed by atoms with Gasteiger partial charge in [-0.2, -0.15) is 10.5 Å². The van der Waals surface area contributed by atoms with Crippen LogP contribution in [0.3, 0.4) is 0 Å². The number of benzene rings is 1. The van der Waals surface area contributed by atoms with Crippen molar-refractivity contribution in [3.63, 3.8) is 0 Å². The fraction of sp³-hybridized carbons (Fsp3) is 0.250. The molecule has 38 heavy (non-hydrogen) atoms. The minimum atomic E-state index is -3.84. The number of hydrogen-bond donors (Lipinski definition) is 0. The molecule has 5 aromatic rings. The van der Waals surface area contributed by atoms with Crippen LogP contribution in [0.2, 0.25) is 0 Å². The Balaban J connectivity index is 1.55. The molecule has 0 saturated heterocycles. The summed E-state index contributed by atoms with van der Waals surface area (Å²) in [5.41, 5.74) is 2.90. The molecule has 1 aliphatic rings. The van der Waals surface area contributed by atoms with Crippen molar-refractivity contribution in [2.24, 2.45) is 5.92 Å². The molecule has 0 N–H and O–H groups in total. The van der Waals surface area contributed by atoms with Gasteiger partial charge in [-0.05, 0) is 61.9 Å². The molecular formula is C28H23N7O2S. The van der Waals surface area contributed by atoms with Gasteiger partial charge < -0.3 is 4.57 Å². The lowest BCUT2D eigenvalue weighted by Gasteiger charge is -2.30. The van der Waals surface area contributed by atoms with Gasteiger partial charge in [-0.1, -0.05) is 18.2 Å². The van der Waals surface area contributed by atoms with Crippen molar-refractivity contribution < 1.29 is 8.42 Å². The van der Waals surface area contributed by atoms with Crippen LogP contribution in [0.5, 0.6) is 0 Å². The van der Waals surface area contributed by atoms with Crippen LogP contribution >= 0.6 is 0 Å². The highest BCUT2D eigenvalue weighted by Gasteiger charge is 2.29. The molecule has 4 aromatic heterocycles. The summed E-state index contributed by atoms with van der Waals surface area (Å²) in [5.74, 6) is 1.08. The van der Waals surface area contributed by atoms with Crippen molar-refractivity contribution in [3.05, 3.63) is 72.8 Å². The summed E-state index contributed by atoms with van der Waals surface area (Å²) < 4.78 is 30.3. The molecule has 0 bridgehead atoms. The predicted octanol–water partition coefficient (Wildman–Crippen LogP) is 5.20. The summed E-state index contributed by atoms with van der Waals surface area (Å²) in [4.78, 5) is 13.9. The molecule has 0 aliphatic heterocycles. The highest BCUT2D eigenvalue weighted by Crippen LogP contribution is 2.40. The number of nitrogens with zero attached hydrogens (tertiary/aromatic N) is 7. The molecule has 6 rings (SSSR count). The van der Waals surface area contributed by atoms with E-state index < -0.39 is 10.0 Å². The first kappa shape index (κ1) is 23.8. The third-order valence-corrected chi connectivity index (χ3v) is 9.01. The molecule has 9 nitrogen and oxygen atoms in total. The first-order valence-corrected chi connectivity index (χ1v) is 13.9. The average molecular weight is 522 g/mol. The maximum atomic E-state index is 13.5. The summed E-state index contributed by atoms with van der Waals surface area (Å²) in [6.45, 7) is 0. The first-order valence-electron chi connectivity index (χ1n) is 12.4. The summed E-state index contributed by atoms with van der Waals surface area (Å²) in [6, 6.07) is 18.0. The highest BCUT2D eigenvalue weighted by molar-refractivity contribution is 7.90. The normalized spacial score (nSPS) is 17.8. The average Bonchev–Trinajstić information content (AvgIpc) is 3.56. The van der Waals surface area contributed by atoms with Crippen molar-refractivity contribution >= 4 is 32.1 Å². The Morgan fingerprint density at radius 2 is 1.74 bits per heavy atom. The van der Waals surface area contributed by atoms with Gasteiger partial charge in [0, 0.05) is 35.8 Å². The van der Waals surface area contributed by atoms with Crippen molar-refractivity contribution in [2.75, 3.05) is 0 Å². The Hall–Kier alpha value is -4.54. The third kappa shape index (κ3) is 3.90. The number of hydrogen-bond acceptors (Lipinski definition) is 7. The number of nitriles is 2. The SMILES string of the molecule is N#CCC1CCC(n2c(-c3ccc(C#N)nc3)nc3cnc4c(ccn4S(=O)(=O)c4ccccc4)c32)CC1. The van der Waals surface area contributed by atoms with Crippen molar-refractivity contribution in [1.82, 2.24) is 23.5 Å². The molecule has 1 aliphatic carbocycles. The Kier molecular flexibility index (Phi) is 5.90. The zero-order valence-electron chi connectivity index (χ0n) is 20.4. The van der Waals surface area contributed by atoms with E-state index in [0.717, 1.165) is 36.8 Å². The van der Waals surface area contributed by atoms with E-state index in [1.807, 2.05) is 12.1 Å². The zero-order chi connectivity index (χ0) is 26.3. The van der Waals surface area contributed by atoms with E-state index in [-0.39, 0.29) is 10.9 Å². The number of pyridine rings is 2. The van der Waals surface area contributed by atoms with Crippen LogP contribution in [0.15, 0.2) is 72.0 Å². The molecule has 10 heteroatoms. The van der Waals surface area contributed by atoms with Gasteiger partial charge in [-0.3, -0.25) is 0 Å². The monoisotopic (exact) mass is 521 g/mol. The fourth-order valence-electron chi connectivity index (χ4n) is 5.44. The van der Waals surface area contributed by atoms with Gasteiger partial charge in [-0.15, -0.1) is 0 Å². The Morgan fingerprint density at radius 1 is 0.947 bits per heavy atom. The molecular weight excluding hydrogens is 498 g/mol. The molecule has 4 heterocycles. The van der Waals surface area contributed by atoms with E-state index >= 15 is 0 Å². The highest BCUT2D eigenvalue weighted by atomic mass is 32.2. The largest absolute Gasteiger partial charge is 0.320 e. The van der Waals surface area contributed by atoms with E-state index in [2.05, 4.69) is 20.6 Å². The minimum absolute atomic E-state index is 0.111. The first-order chi connectivity index (χ1) is 18.5. The van der Waals surface area contributed by atoms with Crippen LogP contribution in [0, 0.1) is 28.6 Å². The Labute approximate surface area is 219 Å². The lowest BCUT2D eigenvalue weighted by molar-refractivity contribution is 0.283. The number of rotatable bonds is 5. The van der Waals surface area contributed by atoms with Crippen molar-refractivity contribution in [3.8, 4) is 23.5 Å². The quantitative estimate of drug-likeness (QED) is 0.311. The second-order valence-corrected chi connectivity index (χ2v) is 11.4. The van der Waals surface area contributed by atoms with Crippen LogP contribution in [0.4, 0.5) is 0 Å². The van der Waals surface area contributed by atoms with Gasteiger partial charge in [0.1, 0.15) is 23.1 Å². The number of fused-ring (bicyclic) bond motifs is 3.